The van der Waals surface area contributed by atoms with Gasteiger partial charge in [-0.1, -0.05) is 111 Å². The summed E-state index contributed by atoms with van der Waals surface area (Å²) in [5.41, 5.74) is 20.9. The Labute approximate surface area is 482 Å². The normalized spacial score (nSPS) is 17.7. The van der Waals surface area contributed by atoms with Crippen LogP contribution in [0.3, 0.4) is 0 Å². The fourth-order valence-electron chi connectivity index (χ4n) is 10.5. The third kappa shape index (κ3) is 15.5. The number of fused-ring (bicyclic) bond motifs is 2. The van der Waals surface area contributed by atoms with Crippen molar-refractivity contribution in [2.24, 2.45) is 0 Å². The third-order valence-electron chi connectivity index (χ3n) is 14.2. The van der Waals surface area contributed by atoms with Crippen LogP contribution in [-0.4, -0.2) is 82.3 Å². The third-order valence-corrected chi connectivity index (χ3v) is 14.7. The number of para-hydroxylation sites is 1. The SMILES string of the molecule is C.C.CC(C)(C)OC(=O)N(Cc1ccc(N)cc1)[C@H]1CCC[C@@H](Nc2ncc(Cl)c(-c3c[nH]c4ccccc34)n2)C1.CC(C)(C)OC(=O)N(Cc1ccc(N)cc1)[C@H]1CCC[C@@H](Nc2ncc(Cl)c(C3=CCc4ccccc43)n2)C1. The number of rotatable bonds is 12. The van der Waals surface area contributed by atoms with Gasteiger partial charge >= 0.3 is 12.2 Å². The Morgan fingerprint density at radius 1 is 0.637 bits per heavy atom. The van der Waals surface area contributed by atoms with Gasteiger partial charge in [0.1, 0.15) is 11.2 Å². The Kier molecular flexibility index (Phi) is 19.8. The molecule has 424 valence electrons. The number of anilines is 4. The molecule has 2 fully saturated rings. The molecule has 10 rings (SSSR count). The van der Waals surface area contributed by atoms with Crippen LogP contribution < -0.4 is 22.1 Å². The van der Waals surface area contributed by atoms with Gasteiger partial charge in [0.15, 0.2) is 0 Å². The number of nitrogens with two attached hydrogens (primary N) is 2. The minimum absolute atomic E-state index is 0. The first-order valence-electron chi connectivity index (χ1n) is 26.9. The number of allylic oxidation sites excluding steroid dienone is 1. The molecule has 0 spiro atoms. The number of aromatic amines is 1. The van der Waals surface area contributed by atoms with Gasteiger partial charge in [-0.15, -0.1) is 0 Å². The lowest BCUT2D eigenvalue weighted by Crippen LogP contribution is -2.47. The van der Waals surface area contributed by atoms with Gasteiger partial charge in [0, 0.05) is 76.9 Å². The second-order valence-corrected chi connectivity index (χ2v) is 23.3. The van der Waals surface area contributed by atoms with E-state index in [1.54, 1.807) is 12.4 Å². The molecule has 7 N–H and O–H groups in total. The Hall–Kier alpha value is -7.36. The van der Waals surface area contributed by atoms with Gasteiger partial charge in [0.25, 0.3) is 0 Å². The molecule has 3 aliphatic rings. The maximum Gasteiger partial charge on any atom is 0.410 e. The molecule has 2 saturated carbocycles. The molecule has 0 saturated heterocycles. The van der Waals surface area contributed by atoms with Crippen molar-refractivity contribution in [2.45, 2.75) is 163 Å². The number of halogens is 2. The van der Waals surface area contributed by atoms with E-state index < -0.39 is 11.2 Å². The van der Waals surface area contributed by atoms with Crippen LogP contribution in [-0.2, 0) is 29.0 Å². The Balaban J connectivity index is 0.000000225. The van der Waals surface area contributed by atoms with E-state index in [0.29, 0.717) is 52.1 Å². The first-order chi connectivity index (χ1) is 37.3. The van der Waals surface area contributed by atoms with E-state index in [4.69, 9.17) is 54.1 Å². The second-order valence-electron chi connectivity index (χ2n) is 22.5. The van der Waals surface area contributed by atoms with Crippen LogP contribution in [0.25, 0.3) is 27.7 Å². The van der Waals surface area contributed by atoms with Gasteiger partial charge in [-0.05, 0) is 152 Å². The smallest absolute Gasteiger partial charge is 0.410 e. The van der Waals surface area contributed by atoms with Gasteiger partial charge in [-0.3, -0.25) is 0 Å². The largest absolute Gasteiger partial charge is 0.444 e. The van der Waals surface area contributed by atoms with E-state index in [1.165, 1.54) is 5.56 Å². The van der Waals surface area contributed by atoms with E-state index in [-0.39, 0.29) is 51.2 Å². The van der Waals surface area contributed by atoms with E-state index in [2.05, 4.69) is 49.9 Å². The van der Waals surface area contributed by atoms with Crippen molar-refractivity contribution >= 4 is 75.1 Å². The average Bonchev–Trinajstić information content (AvgIpc) is 4.07. The number of carbonyl (C=O) groups is 2. The van der Waals surface area contributed by atoms with Crippen LogP contribution in [0.1, 0.15) is 136 Å². The second kappa shape index (κ2) is 26.3. The first-order valence-corrected chi connectivity index (χ1v) is 27.7. The van der Waals surface area contributed by atoms with Gasteiger partial charge in [-0.25, -0.2) is 29.5 Å². The zero-order valence-electron chi connectivity index (χ0n) is 45.4. The summed E-state index contributed by atoms with van der Waals surface area (Å²) in [7, 11) is 0. The number of nitrogen functional groups attached to an aromatic ring is 2. The van der Waals surface area contributed by atoms with E-state index in [9.17, 15) is 9.59 Å². The molecule has 4 aromatic carbocycles. The minimum atomic E-state index is -0.585. The quantitative estimate of drug-likeness (QED) is 0.0726. The summed E-state index contributed by atoms with van der Waals surface area (Å²) in [6.45, 7) is 12.3. The molecule has 3 heterocycles. The van der Waals surface area contributed by atoms with Crippen molar-refractivity contribution in [3.8, 4) is 11.3 Å². The monoisotopic (exact) mass is 1120 g/mol. The van der Waals surface area contributed by atoms with Crippen molar-refractivity contribution in [1.29, 1.82) is 0 Å². The molecule has 7 aromatic rings. The van der Waals surface area contributed by atoms with Crippen LogP contribution in [0.5, 0.6) is 0 Å². The minimum Gasteiger partial charge on any atom is -0.444 e. The van der Waals surface area contributed by atoms with E-state index >= 15 is 0 Å². The topological polar surface area (TPSA) is 203 Å². The number of ether oxygens (including phenoxy) is 2. The van der Waals surface area contributed by atoms with Crippen LogP contribution in [0, 0.1) is 0 Å². The predicted octanol–water partition coefficient (Wildman–Crippen LogP) is 15.2. The number of carbonyl (C=O) groups excluding carboxylic acids is 2. The van der Waals surface area contributed by atoms with Crippen LogP contribution in [0.4, 0.5) is 32.9 Å². The number of benzene rings is 4. The summed E-state index contributed by atoms with van der Waals surface area (Å²) < 4.78 is 11.6. The van der Waals surface area contributed by atoms with Gasteiger partial charge < -0.3 is 46.4 Å². The molecular weight excluding hydrogens is 1050 g/mol. The van der Waals surface area contributed by atoms with Crippen molar-refractivity contribution in [2.75, 3.05) is 22.1 Å². The van der Waals surface area contributed by atoms with Crippen molar-refractivity contribution in [1.82, 2.24) is 34.7 Å². The van der Waals surface area contributed by atoms with Gasteiger partial charge in [-0.2, -0.15) is 0 Å². The average molecular weight is 1130 g/mol. The van der Waals surface area contributed by atoms with Gasteiger partial charge in [0.05, 0.1) is 33.8 Å². The highest BCUT2D eigenvalue weighted by molar-refractivity contribution is 6.33. The standard InChI is InChI=1S/C31H36ClN5O2.C30H35ClN6O2.2CH4/c1-31(2,3)39-30(38)37(19-20-11-14-22(33)15-12-20)24-9-6-8-23(17-24)35-29-34-18-27(32)28(36-29)26-16-13-21-7-4-5-10-25(21)26;1-30(2,3)39-29(38)37(18-19-11-13-20(32)14-12-19)22-8-6-7-21(15-22)35-28-34-17-25(31)27(36-28)24-16-33-26-10-5-4-9-23(24)26;;/h4-5,7,10-12,14-16,18,23-24H,6,8-9,13,17,19,33H2,1-3H3,(H,34,35,36);4-5,9-14,16-17,21-22,33H,6-8,15,18,32H2,1-3H3,(H,34,35,36);2*1H4/t23-,24+;21-,22+;;/m11../s1. The molecule has 3 aromatic heterocycles. The number of H-pyrrole nitrogens is 1. The zero-order chi connectivity index (χ0) is 55.1. The molecule has 15 nitrogen and oxygen atoms in total. The summed E-state index contributed by atoms with van der Waals surface area (Å²) in [4.78, 5) is 52.3. The molecule has 0 radical (unpaired) electrons. The number of amides is 2. The summed E-state index contributed by atoms with van der Waals surface area (Å²) in [5, 5.41) is 9.13. The Morgan fingerprint density at radius 3 is 1.64 bits per heavy atom. The fourth-order valence-corrected chi connectivity index (χ4v) is 10.9. The summed E-state index contributed by atoms with van der Waals surface area (Å²) in [6, 6.07) is 31.9. The first kappa shape index (κ1) is 60.3. The maximum absolute atomic E-state index is 13.3. The summed E-state index contributed by atoms with van der Waals surface area (Å²) in [5.74, 6) is 1.07. The van der Waals surface area contributed by atoms with Crippen molar-refractivity contribution in [3.05, 3.63) is 160 Å². The molecule has 3 aliphatic carbocycles. The highest BCUT2D eigenvalue weighted by atomic mass is 35.5. The fraction of sp³-hybridized carbons (Fsp3) is 0.397. The highest BCUT2D eigenvalue weighted by Crippen LogP contribution is 2.37. The predicted molar refractivity (Wildman–Crippen MR) is 327 cm³/mol. The maximum atomic E-state index is 13.3. The molecule has 0 unspecified atom stereocenters. The van der Waals surface area contributed by atoms with Crippen molar-refractivity contribution < 1.29 is 19.1 Å². The number of hydrogen-bond donors (Lipinski definition) is 5. The van der Waals surface area contributed by atoms with E-state index in [1.807, 2.05) is 136 Å². The Bertz CT molecular complexity index is 3240. The molecule has 2 amide bonds. The van der Waals surface area contributed by atoms with Crippen LogP contribution in [0.2, 0.25) is 10.0 Å². The highest BCUT2D eigenvalue weighted by Gasteiger charge is 2.35. The van der Waals surface area contributed by atoms with E-state index in [0.717, 1.165) is 102 Å². The summed E-state index contributed by atoms with van der Waals surface area (Å²) >= 11 is 13.1. The molecule has 4 atom stereocenters. The zero-order valence-corrected chi connectivity index (χ0v) is 46.9. The number of hydrogen-bond acceptors (Lipinski definition) is 12. The lowest BCUT2D eigenvalue weighted by molar-refractivity contribution is 0.00835. The van der Waals surface area contributed by atoms with Crippen LogP contribution >= 0.6 is 23.2 Å². The molecule has 0 bridgehead atoms. The molecular formula is C63H79Cl2N11O4. The lowest BCUT2D eigenvalue weighted by atomic mass is 9.90. The van der Waals surface area contributed by atoms with Crippen LogP contribution in [0.15, 0.2) is 122 Å². The van der Waals surface area contributed by atoms with Gasteiger partial charge in [0.2, 0.25) is 11.9 Å². The molecule has 17 heteroatoms. The molecule has 0 aliphatic heterocycles. The lowest BCUT2D eigenvalue weighted by Gasteiger charge is -2.38. The van der Waals surface area contributed by atoms with Crippen molar-refractivity contribution in [3.63, 3.8) is 0 Å². The number of nitrogens with zero attached hydrogens (tertiary/aromatic N) is 6. The Morgan fingerprint density at radius 2 is 1.11 bits per heavy atom. The number of nitrogens with one attached hydrogen (secondary N) is 3. The number of aromatic nitrogens is 5. The molecule has 80 heavy (non-hydrogen) atoms. The summed E-state index contributed by atoms with van der Waals surface area (Å²) in [6.07, 6.45) is 14.8.